The van der Waals surface area contributed by atoms with E-state index in [0.717, 1.165) is 16.3 Å². The van der Waals surface area contributed by atoms with Gasteiger partial charge in [-0.25, -0.2) is 9.37 Å². The van der Waals surface area contributed by atoms with Gasteiger partial charge in [-0.1, -0.05) is 41.9 Å². The highest BCUT2D eigenvalue weighted by Crippen LogP contribution is 2.38. The summed E-state index contributed by atoms with van der Waals surface area (Å²) in [6, 6.07) is 18.6. The van der Waals surface area contributed by atoms with Crippen molar-refractivity contribution in [3.05, 3.63) is 94.2 Å². The summed E-state index contributed by atoms with van der Waals surface area (Å²) in [4.78, 5) is 4.82. The number of hydrogen-bond donors (Lipinski definition) is 1. The van der Waals surface area contributed by atoms with Gasteiger partial charge in [-0.2, -0.15) is 0 Å². The minimum atomic E-state index is -0.367. The van der Waals surface area contributed by atoms with Crippen LogP contribution in [0.15, 0.2) is 77.1 Å². The summed E-state index contributed by atoms with van der Waals surface area (Å²) in [5.74, 6) is 1.01. The molecule has 4 aromatic rings. The van der Waals surface area contributed by atoms with Crippen LogP contribution in [0.25, 0.3) is 0 Å². The van der Waals surface area contributed by atoms with Gasteiger partial charge in [-0.05, 0) is 41.8 Å². The Kier molecular flexibility index (Phi) is 8.16. The summed E-state index contributed by atoms with van der Waals surface area (Å²) >= 11 is 9.22. The van der Waals surface area contributed by atoms with E-state index in [1.165, 1.54) is 29.4 Å². The first-order valence-electron chi connectivity index (χ1n) is 10.4. The Morgan fingerprint density at radius 1 is 1.09 bits per heavy atom. The zero-order valence-electron chi connectivity index (χ0n) is 18.6. The molecule has 0 unspecified atom stereocenters. The Balaban J connectivity index is 1.56. The molecule has 34 heavy (non-hydrogen) atoms. The van der Waals surface area contributed by atoms with Gasteiger partial charge < -0.3 is 14.8 Å². The average molecular weight is 516 g/mol. The summed E-state index contributed by atoms with van der Waals surface area (Å²) in [5.41, 5.74) is 2.55. The van der Waals surface area contributed by atoms with Crippen LogP contribution in [0.3, 0.4) is 0 Å². The molecule has 0 saturated carbocycles. The largest absolute Gasteiger partial charge is 0.497 e. The molecule has 0 aliphatic heterocycles. The van der Waals surface area contributed by atoms with E-state index < -0.39 is 0 Å². The first-order valence-corrected chi connectivity index (χ1v) is 12.4. The van der Waals surface area contributed by atoms with Gasteiger partial charge in [-0.3, -0.25) is 4.31 Å². The van der Waals surface area contributed by atoms with E-state index in [2.05, 4.69) is 10.3 Å². The maximum absolute atomic E-state index is 15.1. The Labute approximate surface area is 211 Å². The summed E-state index contributed by atoms with van der Waals surface area (Å²) < 4.78 is 27.9. The fourth-order valence-electron chi connectivity index (χ4n) is 3.26. The SMILES string of the molecule is COc1ccc(CN(Sc2cc(Cl)c(NCc3ccccc3)cc2F)c2nccs2)c(OC)c1. The number of ether oxygens (including phenoxy) is 2. The third-order valence-electron chi connectivity index (χ3n) is 5.00. The molecular weight excluding hydrogens is 493 g/mol. The highest BCUT2D eigenvalue weighted by molar-refractivity contribution is 8.00. The number of aromatic nitrogens is 1. The van der Waals surface area contributed by atoms with Crippen LogP contribution in [0.2, 0.25) is 5.02 Å². The normalized spacial score (nSPS) is 10.7. The average Bonchev–Trinajstić information content (AvgIpc) is 3.40. The van der Waals surface area contributed by atoms with Crippen molar-refractivity contribution in [1.82, 2.24) is 4.98 Å². The quantitative estimate of drug-likeness (QED) is 0.224. The molecule has 5 nitrogen and oxygen atoms in total. The minimum Gasteiger partial charge on any atom is -0.497 e. The molecule has 0 atom stereocenters. The lowest BCUT2D eigenvalue weighted by Crippen LogP contribution is -2.15. The van der Waals surface area contributed by atoms with Crippen LogP contribution in [0.5, 0.6) is 11.5 Å². The molecule has 3 aromatic carbocycles. The molecule has 0 aliphatic carbocycles. The third-order valence-corrected chi connectivity index (χ3v) is 7.25. The van der Waals surface area contributed by atoms with E-state index in [-0.39, 0.29) is 5.82 Å². The molecule has 176 valence electrons. The van der Waals surface area contributed by atoms with Crippen molar-refractivity contribution in [3.63, 3.8) is 0 Å². The lowest BCUT2D eigenvalue weighted by Gasteiger charge is -2.22. The number of nitrogens with zero attached hydrogens (tertiary/aromatic N) is 2. The molecule has 1 aromatic heterocycles. The van der Waals surface area contributed by atoms with Crippen molar-refractivity contribution in [2.24, 2.45) is 0 Å². The Bertz CT molecular complexity index is 1230. The highest BCUT2D eigenvalue weighted by atomic mass is 35.5. The van der Waals surface area contributed by atoms with Gasteiger partial charge in [0, 0.05) is 29.8 Å². The van der Waals surface area contributed by atoms with Gasteiger partial charge in [0.2, 0.25) is 0 Å². The van der Waals surface area contributed by atoms with Crippen molar-refractivity contribution in [3.8, 4) is 11.5 Å². The molecule has 0 spiro atoms. The van der Waals surface area contributed by atoms with Gasteiger partial charge in [0.25, 0.3) is 0 Å². The van der Waals surface area contributed by atoms with Crippen LogP contribution < -0.4 is 19.1 Å². The number of hydrogen-bond acceptors (Lipinski definition) is 7. The van der Waals surface area contributed by atoms with E-state index in [4.69, 9.17) is 21.1 Å². The Hall–Kier alpha value is -2.94. The fraction of sp³-hybridized carbons (Fsp3) is 0.160. The first-order chi connectivity index (χ1) is 16.6. The minimum absolute atomic E-state index is 0.367. The van der Waals surface area contributed by atoms with E-state index in [9.17, 15) is 0 Å². The predicted octanol–water partition coefficient (Wildman–Crippen LogP) is 7.28. The smallest absolute Gasteiger partial charge is 0.195 e. The third kappa shape index (κ3) is 5.94. The molecule has 0 bridgehead atoms. The van der Waals surface area contributed by atoms with Crippen LogP contribution in [0.4, 0.5) is 15.2 Å². The second-order valence-electron chi connectivity index (χ2n) is 7.22. The van der Waals surface area contributed by atoms with Crippen LogP contribution in [-0.2, 0) is 13.1 Å². The standard InChI is InChI=1S/C25H23ClFN3O2S2/c1-31-19-9-8-18(23(12-19)32-2)16-30(25-28-10-11-33-25)34-24-13-20(26)22(14-21(24)27)29-15-17-6-4-3-5-7-17/h3-14,29H,15-16H2,1-2H3. The van der Waals surface area contributed by atoms with Gasteiger partial charge in [-0.15, -0.1) is 11.3 Å². The van der Waals surface area contributed by atoms with Crippen LogP contribution in [-0.4, -0.2) is 19.2 Å². The topological polar surface area (TPSA) is 46.6 Å². The molecule has 0 amide bonds. The summed E-state index contributed by atoms with van der Waals surface area (Å²) in [6.07, 6.45) is 1.72. The van der Waals surface area contributed by atoms with E-state index in [1.54, 1.807) is 26.5 Å². The molecule has 1 N–H and O–H groups in total. The van der Waals surface area contributed by atoms with E-state index >= 15 is 4.39 Å². The van der Waals surface area contributed by atoms with Gasteiger partial charge in [0.05, 0.1) is 36.4 Å². The number of methoxy groups -OCH3 is 2. The number of benzene rings is 3. The summed E-state index contributed by atoms with van der Waals surface area (Å²) in [6.45, 7) is 0.991. The molecule has 0 fully saturated rings. The zero-order valence-corrected chi connectivity index (χ0v) is 21.0. The molecule has 0 saturated heterocycles. The lowest BCUT2D eigenvalue weighted by molar-refractivity contribution is 0.391. The summed E-state index contributed by atoms with van der Waals surface area (Å²) in [7, 11) is 3.22. The van der Waals surface area contributed by atoms with Crippen LogP contribution in [0, 0.1) is 5.82 Å². The van der Waals surface area contributed by atoms with Crippen molar-refractivity contribution < 1.29 is 13.9 Å². The number of thiazole rings is 1. The van der Waals surface area contributed by atoms with Gasteiger partial charge >= 0.3 is 0 Å². The van der Waals surface area contributed by atoms with Crippen molar-refractivity contribution >= 4 is 45.7 Å². The molecule has 9 heteroatoms. The van der Waals surface area contributed by atoms with Crippen molar-refractivity contribution in [2.75, 3.05) is 23.8 Å². The second-order valence-corrected chi connectivity index (χ2v) is 9.57. The molecular formula is C25H23ClFN3O2S2. The molecule has 1 heterocycles. The fourth-order valence-corrected chi connectivity index (χ4v) is 5.23. The molecule has 4 rings (SSSR count). The van der Waals surface area contributed by atoms with Gasteiger partial charge in [0.15, 0.2) is 5.13 Å². The highest BCUT2D eigenvalue weighted by Gasteiger charge is 2.19. The number of rotatable bonds is 10. The second kappa shape index (κ2) is 11.5. The number of anilines is 2. The predicted molar refractivity (Wildman–Crippen MR) is 139 cm³/mol. The maximum atomic E-state index is 15.1. The molecule has 0 aliphatic rings. The van der Waals surface area contributed by atoms with Crippen molar-refractivity contribution in [2.45, 2.75) is 18.0 Å². The van der Waals surface area contributed by atoms with E-state index in [1.807, 2.05) is 58.2 Å². The first kappa shape index (κ1) is 24.2. The Morgan fingerprint density at radius 3 is 2.62 bits per heavy atom. The van der Waals surface area contributed by atoms with E-state index in [0.29, 0.717) is 40.2 Å². The van der Waals surface area contributed by atoms with Crippen LogP contribution in [0.1, 0.15) is 11.1 Å². The molecule has 0 radical (unpaired) electrons. The number of nitrogens with one attached hydrogen (secondary N) is 1. The number of halogens is 2. The van der Waals surface area contributed by atoms with Gasteiger partial charge in [0.1, 0.15) is 17.3 Å². The Morgan fingerprint density at radius 2 is 1.91 bits per heavy atom. The maximum Gasteiger partial charge on any atom is 0.195 e. The lowest BCUT2D eigenvalue weighted by atomic mass is 10.2. The zero-order chi connectivity index (χ0) is 23.9. The van der Waals surface area contributed by atoms with Crippen LogP contribution >= 0.6 is 34.9 Å². The monoisotopic (exact) mass is 515 g/mol. The summed E-state index contributed by atoms with van der Waals surface area (Å²) in [5, 5.41) is 6.28. The van der Waals surface area contributed by atoms with Crippen molar-refractivity contribution in [1.29, 1.82) is 0 Å².